The van der Waals surface area contributed by atoms with Gasteiger partial charge in [0.1, 0.15) is 0 Å². The summed E-state index contributed by atoms with van der Waals surface area (Å²) in [5.74, 6) is -1.27. The van der Waals surface area contributed by atoms with Crippen molar-refractivity contribution in [2.24, 2.45) is 0 Å². The van der Waals surface area contributed by atoms with E-state index in [0.717, 1.165) is 0 Å². The van der Waals surface area contributed by atoms with Gasteiger partial charge in [-0.05, 0) is 32.9 Å². The number of benzene rings is 1. The average molecular weight is 226 g/mol. The topological polar surface area (TPSA) is 35.5 Å². The van der Waals surface area contributed by atoms with Crippen LogP contribution in [0.1, 0.15) is 31.1 Å². The van der Waals surface area contributed by atoms with Crippen molar-refractivity contribution < 1.29 is 18.7 Å². The van der Waals surface area contributed by atoms with Gasteiger partial charge in [0.25, 0.3) is 0 Å². The minimum atomic E-state index is -0.672. The molecule has 88 valence electrons. The van der Waals surface area contributed by atoms with Gasteiger partial charge in [-0.1, -0.05) is 6.07 Å². The molecule has 0 aliphatic heterocycles. The van der Waals surface area contributed by atoms with Crippen LogP contribution in [0.3, 0.4) is 0 Å². The molecule has 0 atom stereocenters. The molecular formula is C12H15FO3. The number of halogens is 1. The largest absolute Gasteiger partial charge is 0.488 e. The molecule has 0 fully saturated rings. The van der Waals surface area contributed by atoms with Gasteiger partial charge >= 0.3 is 5.97 Å². The highest BCUT2D eigenvalue weighted by Crippen LogP contribution is 2.22. The highest BCUT2D eigenvalue weighted by Gasteiger charge is 2.17. The lowest BCUT2D eigenvalue weighted by atomic mass is 10.2. The zero-order valence-electron chi connectivity index (χ0n) is 9.62. The number of carbonyl (C=O) groups is 1. The summed E-state index contributed by atoms with van der Waals surface area (Å²) in [5, 5.41) is 0. The van der Waals surface area contributed by atoms with Gasteiger partial charge in [0, 0.05) is 0 Å². The van der Waals surface area contributed by atoms with Crippen molar-refractivity contribution in [1.29, 1.82) is 0 Å². The Balaban J connectivity index is 2.99. The molecule has 0 aromatic heterocycles. The normalized spacial score (nSPS) is 10.3. The molecular weight excluding hydrogens is 211 g/mol. The second-order valence-electron chi connectivity index (χ2n) is 3.50. The second-order valence-corrected chi connectivity index (χ2v) is 3.50. The zero-order valence-corrected chi connectivity index (χ0v) is 9.62. The zero-order chi connectivity index (χ0) is 12.1. The third kappa shape index (κ3) is 2.95. The maximum Gasteiger partial charge on any atom is 0.341 e. The van der Waals surface area contributed by atoms with Crippen molar-refractivity contribution in [3.05, 3.63) is 29.6 Å². The maximum absolute atomic E-state index is 13.8. The molecule has 0 amide bonds. The van der Waals surface area contributed by atoms with E-state index >= 15 is 0 Å². The molecule has 1 aromatic carbocycles. The predicted molar refractivity (Wildman–Crippen MR) is 58.1 cm³/mol. The number of ether oxygens (including phenoxy) is 2. The van der Waals surface area contributed by atoms with Gasteiger partial charge < -0.3 is 9.47 Å². The van der Waals surface area contributed by atoms with Gasteiger partial charge in [-0.3, -0.25) is 0 Å². The third-order valence-corrected chi connectivity index (χ3v) is 1.82. The Morgan fingerprint density at radius 3 is 2.69 bits per heavy atom. The lowest BCUT2D eigenvalue weighted by Gasteiger charge is -2.12. The molecule has 0 spiro atoms. The number of hydrogen-bond donors (Lipinski definition) is 0. The van der Waals surface area contributed by atoms with Gasteiger partial charge in [0.15, 0.2) is 11.6 Å². The van der Waals surface area contributed by atoms with Gasteiger partial charge in [-0.15, -0.1) is 0 Å². The molecule has 1 rings (SSSR count). The average Bonchev–Trinajstić information content (AvgIpc) is 2.21. The molecule has 1 aromatic rings. The van der Waals surface area contributed by atoms with E-state index in [1.165, 1.54) is 12.1 Å². The van der Waals surface area contributed by atoms with Crippen LogP contribution in [0.5, 0.6) is 5.75 Å². The Labute approximate surface area is 94.2 Å². The number of hydrogen-bond acceptors (Lipinski definition) is 3. The molecule has 16 heavy (non-hydrogen) atoms. The molecule has 0 radical (unpaired) electrons. The first-order valence-electron chi connectivity index (χ1n) is 5.18. The van der Waals surface area contributed by atoms with Gasteiger partial charge in [0.2, 0.25) is 0 Å². The number of rotatable bonds is 4. The summed E-state index contributed by atoms with van der Waals surface area (Å²) < 4.78 is 23.7. The smallest absolute Gasteiger partial charge is 0.341 e. The summed E-state index contributed by atoms with van der Waals surface area (Å²) in [6, 6.07) is 4.42. The van der Waals surface area contributed by atoms with Crippen molar-refractivity contribution in [2.45, 2.75) is 26.9 Å². The molecule has 4 heteroatoms. The van der Waals surface area contributed by atoms with Crippen molar-refractivity contribution in [2.75, 3.05) is 6.61 Å². The van der Waals surface area contributed by atoms with Gasteiger partial charge in [-0.2, -0.15) is 0 Å². The Kier molecular flexibility index (Phi) is 4.28. The fourth-order valence-electron chi connectivity index (χ4n) is 1.22. The Morgan fingerprint density at radius 2 is 2.12 bits per heavy atom. The molecule has 0 N–H and O–H groups in total. The van der Waals surface area contributed by atoms with E-state index in [1.54, 1.807) is 26.8 Å². The summed E-state index contributed by atoms with van der Waals surface area (Å²) in [7, 11) is 0. The van der Waals surface area contributed by atoms with Gasteiger partial charge in [0.05, 0.1) is 18.3 Å². The molecule has 0 aliphatic carbocycles. The molecule has 0 heterocycles. The fourth-order valence-corrected chi connectivity index (χ4v) is 1.22. The van der Waals surface area contributed by atoms with Crippen LogP contribution in [0.15, 0.2) is 18.2 Å². The van der Waals surface area contributed by atoms with Crippen molar-refractivity contribution >= 4 is 5.97 Å². The minimum Gasteiger partial charge on any atom is -0.488 e. The van der Waals surface area contributed by atoms with Crippen LogP contribution in [0, 0.1) is 5.82 Å². The second kappa shape index (κ2) is 5.49. The first-order chi connectivity index (χ1) is 7.56. The minimum absolute atomic E-state index is 0.0700. The summed E-state index contributed by atoms with van der Waals surface area (Å²) in [6.45, 7) is 5.46. The van der Waals surface area contributed by atoms with E-state index in [1.807, 2.05) is 0 Å². The van der Waals surface area contributed by atoms with E-state index in [9.17, 15) is 9.18 Å². The third-order valence-electron chi connectivity index (χ3n) is 1.82. The van der Waals surface area contributed by atoms with Crippen molar-refractivity contribution in [1.82, 2.24) is 0 Å². The fraction of sp³-hybridized carbons (Fsp3) is 0.417. The van der Waals surface area contributed by atoms with E-state index < -0.39 is 11.8 Å². The van der Waals surface area contributed by atoms with Crippen LogP contribution in [0.2, 0.25) is 0 Å². The summed E-state index contributed by atoms with van der Waals surface area (Å²) >= 11 is 0. The standard InChI is InChI=1S/C12H15FO3/c1-4-15-12(14)9-6-5-7-10(11(9)13)16-8(2)3/h5-8H,4H2,1-3H3. The molecule has 0 saturated carbocycles. The van der Waals surface area contributed by atoms with E-state index in [2.05, 4.69) is 0 Å². The van der Waals surface area contributed by atoms with Crippen LogP contribution in [-0.4, -0.2) is 18.7 Å². The highest BCUT2D eigenvalue weighted by atomic mass is 19.1. The van der Waals surface area contributed by atoms with Crippen LogP contribution in [-0.2, 0) is 4.74 Å². The van der Waals surface area contributed by atoms with Crippen LogP contribution in [0.4, 0.5) is 4.39 Å². The SMILES string of the molecule is CCOC(=O)c1cccc(OC(C)C)c1F. The highest BCUT2D eigenvalue weighted by molar-refractivity contribution is 5.90. The monoisotopic (exact) mass is 226 g/mol. The first-order valence-corrected chi connectivity index (χ1v) is 5.18. The van der Waals surface area contributed by atoms with Crippen molar-refractivity contribution in [3.63, 3.8) is 0 Å². The Hall–Kier alpha value is -1.58. The lowest BCUT2D eigenvalue weighted by Crippen LogP contribution is -2.11. The molecule has 0 aliphatic rings. The quantitative estimate of drug-likeness (QED) is 0.740. The number of esters is 1. The Morgan fingerprint density at radius 1 is 1.44 bits per heavy atom. The summed E-state index contributed by atoms with van der Waals surface area (Å²) in [6.07, 6.45) is -0.146. The van der Waals surface area contributed by atoms with Crippen LogP contribution >= 0.6 is 0 Å². The van der Waals surface area contributed by atoms with Gasteiger partial charge in [-0.25, -0.2) is 9.18 Å². The lowest BCUT2D eigenvalue weighted by molar-refractivity contribution is 0.0519. The van der Waals surface area contributed by atoms with E-state index in [-0.39, 0.29) is 24.0 Å². The maximum atomic E-state index is 13.8. The number of carbonyl (C=O) groups excluding carboxylic acids is 1. The Bertz CT molecular complexity index is 375. The predicted octanol–water partition coefficient (Wildman–Crippen LogP) is 2.79. The first kappa shape index (κ1) is 12.5. The van der Waals surface area contributed by atoms with Crippen molar-refractivity contribution in [3.8, 4) is 5.75 Å². The molecule has 3 nitrogen and oxygen atoms in total. The summed E-state index contributed by atoms with van der Waals surface area (Å²) in [4.78, 5) is 11.4. The molecule has 0 unspecified atom stereocenters. The summed E-state index contributed by atoms with van der Waals surface area (Å²) in [5.41, 5.74) is -0.0972. The van der Waals surface area contributed by atoms with E-state index in [4.69, 9.17) is 9.47 Å². The van der Waals surface area contributed by atoms with Crippen LogP contribution < -0.4 is 4.74 Å². The van der Waals surface area contributed by atoms with E-state index in [0.29, 0.717) is 0 Å². The van der Waals surface area contributed by atoms with Crippen LogP contribution in [0.25, 0.3) is 0 Å². The molecule has 0 saturated heterocycles. The molecule has 0 bridgehead atoms.